The van der Waals surface area contributed by atoms with Crippen LogP contribution in [-0.2, 0) is 33.2 Å². The Morgan fingerprint density at radius 3 is 1.27 bits per heavy atom. The summed E-state index contributed by atoms with van der Waals surface area (Å²) in [4.78, 5) is 10.6. The van der Waals surface area contributed by atoms with Crippen LogP contribution in [0.3, 0.4) is 0 Å². The van der Waals surface area contributed by atoms with Gasteiger partial charge in [-0.1, -0.05) is 6.08 Å². The van der Waals surface area contributed by atoms with Crippen molar-refractivity contribution in [3.63, 3.8) is 0 Å². The first kappa shape index (κ1) is 29.2. The van der Waals surface area contributed by atoms with Crippen molar-refractivity contribution in [1.29, 1.82) is 0 Å². The lowest BCUT2D eigenvalue weighted by atomic mass is 10.2. The second-order valence-electron chi connectivity index (χ2n) is 6.57. The molecule has 1 aromatic rings. The van der Waals surface area contributed by atoms with E-state index >= 15 is 0 Å². The summed E-state index contributed by atoms with van der Waals surface area (Å²) < 4.78 is 43.2. The normalized spacial score (nSPS) is 10.9. The minimum absolute atomic E-state index is 0.439. The highest BCUT2D eigenvalue weighted by molar-refractivity contribution is 5.74. The maximum Gasteiger partial charge on any atom is 0.150 e. The Kier molecular flexibility index (Phi) is 20.6. The molecule has 0 radical (unpaired) electrons. The first-order chi connectivity index (χ1) is 16.4. The van der Waals surface area contributed by atoms with Gasteiger partial charge in [-0.3, -0.25) is 4.79 Å². The van der Waals surface area contributed by atoms with E-state index < -0.39 is 0 Å². The van der Waals surface area contributed by atoms with E-state index in [1.807, 2.05) is 0 Å². The van der Waals surface area contributed by atoms with Crippen LogP contribution >= 0.6 is 0 Å². The topological polar surface area (TPSA) is 90.9 Å². The van der Waals surface area contributed by atoms with Crippen LogP contribution in [0.1, 0.15) is 10.4 Å². The standard InChI is InChI=1S/C24H38O9/c1-2-7-26-8-9-27-10-11-28-12-13-29-14-15-30-16-17-31-18-19-32-20-21-33-24-5-3-23(22-25)4-6-24/h2-6,22H,1,7-21H2. The van der Waals surface area contributed by atoms with Gasteiger partial charge in [0.1, 0.15) is 18.6 Å². The zero-order chi connectivity index (χ0) is 23.7. The average Bonchev–Trinajstić information content (AvgIpc) is 2.85. The van der Waals surface area contributed by atoms with Gasteiger partial charge in [0, 0.05) is 5.56 Å². The van der Waals surface area contributed by atoms with Crippen LogP contribution in [0.25, 0.3) is 0 Å². The Labute approximate surface area is 196 Å². The molecule has 0 fully saturated rings. The number of rotatable bonds is 25. The lowest BCUT2D eigenvalue weighted by Gasteiger charge is -2.09. The quantitative estimate of drug-likeness (QED) is 0.121. The highest BCUT2D eigenvalue weighted by Gasteiger charge is 1.96. The molecule has 0 bridgehead atoms. The average molecular weight is 471 g/mol. The molecule has 1 rings (SSSR count). The second-order valence-corrected chi connectivity index (χ2v) is 6.57. The summed E-state index contributed by atoms with van der Waals surface area (Å²) in [6.07, 6.45) is 2.51. The second kappa shape index (κ2) is 23.3. The number of ether oxygens (including phenoxy) is 8. The van der Waals surface area contributed by atoms with E-state index in [0.717, 1.165) is 6.29 Å². The molecule has 0 aromatic heterocycles. The van der Waals surface area contributed by atoms with Crippen LogP contribution in [0, 0.1) is 0 Å². The Morgan fingerprint density at radius 1 is 0.545 bits per heavy atom. The predicted molar refractivity (Wildman–Crippen MR) is 123 cm³/mol. The molecule has 0 aliphatic carbocycles. The largest absolute Gasteiger partial charge is 0.491 e. The van der Waals surface area contributed by atoms with E-state index in [2.05, 4.69) is 6.58 Å². The van der Waals surface area contributed by atoms with Gasteiger partial charge in [0.2, 0.25) is 0 Å². The van der Waals surface area contributed by atoms with Gasteiger partial charge >= 0.3 is 0 Å². The van der Waals surface area contributed by atoms with E-state index in [0.29, 0.717) is 110 Å². The third kappa shape index (κ3) is 19.3. The van der Waals surface area contributed by atoms with Crippen molar-refractivity contribution in [2.75, 3.05) is 99.1 Å². The molecular weight excluding hydrogens is 432 g/mol. The van der Waals surface area contributed by atoms with Gasteiger partial charge in [0.05, 0.1) is 92.5 Å². The molecule has 9 nitrogen and oxygen atoms in total. The van der Waals surface area contributed by atoms with E-state index in [9.17, 15) is 4.79 Å². The van der Waals surface area contributed by atoms with Crippen LogP contribution < -0.4 is 4.74 Å². The number of carbonyl (C=O) groups is 1. The summed E-state index contributed by atoms with van der Waals surface area (Å²) in [5.74, 6) is 0.709. The Hall–Kier alpha value is -1.85. The molecule has 0 aliphatic rings. The predicted octanol–water partition coefficient (Wildman–Crippen LogP) is 2.18. The van der Waals surface area contributed by atoms with Crippen molar-refractivity contribution in [2.24, 2.45) is 0 Å². The van der Waals surface area contributed by atoms with Crippen molar-refractivity contribution in [1.82, 2.24) is 0 Å². The molecule has 0 saturated carbocycles. The zero-order valence-electron chi connectivity index (χ0n) is 19.5. The van der Waals surface area contributed by atoms with Gasteiger partial charge in [-0.25, -0.2) is 0 Å². The number of aldehydes is 1. The molecule has 0 unspecified atom stereocenters. The highest BCUT2D eigenvalue weighted by atomic mass is 16.6. The van der Waals surface area contributed by atoms with Gasteiger partial charge in [-0.05, 0) is 24.3 Å². The van der Waals surface area contributed by atoms with Crippen LogP contribution in [0.5, 0.6) is 5.75 Å². The van der Waals surface area contributed by atoms with Crippen molar-refractivity contribution in [2.45, 2.75) is 0 Å². The number of hydrogen-bond donors (Lipinski definition) is 0. The minimum Gasteiger partial charge on any atom is -0.491 e. The van der Waals surface area contributed by atoms with E-state index in [-0.39, 0.29) is 0 Å². The zero-order valence-corrected chi connectivity index (χ0v) is 19.5. The van der Waals surface area contributed by atoms with Crippen molar-refractivity contribution in [3.8, 4) is 5.75 Å². The first-order valence-electron chi connectivity index (χ1n) is 11.2. The summed E-state index contributed by atoms with van der Waals surface area (Å²) >= 11 is 0. The van der Waals surface area contributed by atoms with E-state index in [1.54, 1.807) is 30.3 Å². The van der Waals surface area contributed by atoms with Gasteiger partial charge in [0.25, 0.3) is 0 Å². The maximum absolute atomic E-state index is 10.6. The molecule has 188 valence electrons. The minimum atomic E-state index is 0.439. The molecule has 0 N–H and O–H groups in total. The van der Waals surface area contributed by atoms with E-state index in [1.165, 1.54) is 0 Å². The van der Waals surface area contributed by atoms with Gasteiger partial charge < -0.3 is 37.9 Å². The molecule has 1 aromatic carbocycles. The Morgan fingerprint density at radius 2 is 0.909 bits per heavy atom. The number of carbonyl (C=O) groups excluding carboxylic acids is 1. The number of benzene rings is 1. The molecule has 0 atom stereocenters. The van der Waals surface area contributed by atoms with Crippen LogP contribution in [0.15, 0.2) is 36.9 Å². The fraction of sp³-hybridized carbons (Fsp3) is 0.625. The fourth-order valence-electron chi connectivity index (χ4n) is 2.35. The molecule has 0 amide bonds. The Bertz CT molecular complexity index is 566. The monoisotopic (exact) mass is 470 g/mol. The highest BCUT2D eigenvalue weighted by Crippen LogP contribution is 2.10. The van der Waals surface area contributed by atoms with Gasteiger partial charge in [-0.15, -0.1) is 6.58 Å². The number of hydrogen-bond acceptors (Lipinski definition) is 9. The first-order valence-corrected chi connectivity index (χ1v) is 11.2. The smallest absolute Gasteiger partial charge is 0.150 e. The molecule has 33 heavy (non-hydrogen) atoms. The van der Waals surface area contributed by atoms with Crippen LogP contribution in [-0.4, -0.2) is 105 Å². The lowest BCUT2D eigenvalue weighted by molar-refractivity contribution is -0.0205. The molecule has 0 spiro atoms. The summed E-state index contributed by atoms with van der Waals surface area (Å²) in [6, 6.07) is 6.94. The summed E-state index contributed by atoms with van der Waals surface area (Å²) in [5.41, 5.74) is 0.622. The molecule has 0 saturated heterocycles. The van der Waals surface area contributed by atoms with Gasteiger partial charge in [-0.2, -0.15) is 0 Å². The maximum atomic E-state index is 10.6. The molecule has 0 aliphatic heterocycles. The molecule has 9 heteroatoms. The van der Waals surface area contributed by atoms with Crippen LogP contribution in [0.4, 0.5) is 0 Å². The van der Waals surface area contributed by atoms with Crippen molar-refractivity contribution in [3.05, 3.63) is 42.5 Å². The summed E-state index contributed by atoms with van der Waals surface area (Å²) in [5, 5.41) is 0. The third-order valence-corrected chi connectivity index (χ3v) is 3.98. The summed E-state index contributed by atoms with van der Waals surface area (Å²) in [6.45, 7) is 11.3. The van der Waals surface area contributed by atoms with Crippen molar-refractivity contribution >= 4 is 6.29 Å². The van der Waals surface area contributed by atoms with Gasteiger partial charge in [0.15, 0.2) is 0 Å². The van der Waals surface area contributed by atoms with Crippen molar-refractivity contribution < 1.29 is 42.7 Å². The van der Waals surface area contributed by atoms with E-state index in [4.69, 9.17) is 37.9 Å². The summed E-state index contributed by atoms with van der Waals surface area (Å²) in [7, 11) is 0. The third-order valence-electron chi connectivity index (χ3n) is 3.98. The Balaban J connectivity index is 1.69. The fourth-order valence-corrected chi connectivity index (χ4v) is 2.35. The lowest BCUT2D eigenvalue weighted by Crippen LogP contribution is -2.15. The SMILES string of the molecule is C=CCOCCOCCOCCOCCOCCOCCOCCOc1ccc(C=O)cc1. The molecule has 0 heterocycles. The molecular formula is C24H38O9. The van der Waals surface area contributed by atoms with Crippen LogP contribution in [0.2, 0.25) is 0 Å².